The van der Waals surface area contributed by atoms with E-state index in [-0.39, 0.29) is 12.1 Å². The van der Waals surface area contributed by atoms with E-state index in [0.29, 0.717) is 0 Å². The third-order valence-electron chi connectivity index (χ3n) is 3.41. The molecular weight excluding hydrogens is 252 g/mol. The van der Waals surface area contributed by atoms with Gasteiger partial charge >= 0.3 is 0 Å². The van der Waals surface area contributed by atoms with Gasteiger partial charge in [0, 0.05) is 23.5 Å². The van der Waals surface area contributed by atoms with Gasteiger partial charge in [-0.15, -0.1) is 11.3 Å². The third-order valence-corrected chi connectivity index (χ3v) is 4.34. The standard InChI is InChI=1S/C16H22N2S/c1-13(17)16(14-7-4-3-5-8-14)18(2)11-10-15-9-6-12-19-15/h3-9,12-13,16H,10-11,17H2,1-2H3. The van der Waals surface area contributed by atoms with Gasteiger partial charge in [-0.2, -0.15) is 0 Å². The normalized spacial score (nSPS) is 14.5. The number of hydrogen-bond acceptors (Lipinski definition) is 3. The molecule has 2 aromatic rings. The summed E-state index contributed by atoms with van der Waals surface area (Å²) in [6.07, 6.45) is 1.09. The molecule has 2 rings (SSSR count). The second kappa shape index (κ2) is 6.85. The predicted molar refractivity (Wildman–Crippen MR) is 83.5 cm³/mol. The van der Waals surface area contributed by atoms with Crippen molar-refractivity contribution in [3.8, 4) is 0 Å². The minimum Gasteiger partial charge on any atom is -0.326 e. The summed E-state index contributed by atoms with van der Waals surface area (Å²) >= 11 is 1.82. The monoisotopic (exact) mass is 274 g/mol. The van der Waals surface area contributed by atoms with Gasteiger partial charge in [-0.3, -0.25) is 4.90 Å². The van der Waals surface area contributed by atoms with Crippen LogP contribution < -0.4 is 5.73 Å². The van der Waals surface area contributed by atoms with Gasteiger partial charge in [0.05, 0.1) is 0 Å². The Morgan fingerprint density at radius 1 is 1.16 bits per heavy atom. The van der Waals surface area contributed by atoms with E-state index < -0.39 is 0 Å². The third kappa shape index (κ3) is 3.90. The summed E-state index contributed by atoms with van der Waals surface area (Å²) in [5.74, 6) is 0. The smallest absolute Gasteiger partial charge is 0.0493 e. The SMILES string of the molecule is CC(N)C(c1ccccc1)N(C)CCc1cccs1. The van der Waals surface area contributed by atoms with Crippen LogP contribution in [0.1, 0.15) is 23.4 Å². The predicted octanol–water partition coefficient (Wildman–Crippen LogP) is 3.31. The first-order valence-corrected chi connectivity index (χ1v) is 7.59. The molecule has 1 aromatic carbocycles. The Morgan fingerprint density at radius 2 is 1.89 bits per heavy atom. The largest absolute Gasteiger partial charge is 0.326 e. The lowest BCUT2D eigenvalue weighted by atomic mass is 9.99. The fraction of sp³-hybridized carbons (Fsp3) is 0.375. The highest BCUT2D eigenvalue weighted by Gasteiger charge is 2.20. The maximum absolute atomic E-state index is 6.18. The molecule has 1 heterocycles. The fourth-order valence-corrected chi connectivity index (χ4v) is 3.19. The van der Waals surface area contributed by atoms with Crippen LogP contribution in [0.3, 0.4) is 0 Å². The number of benzene rings is 1. The molecule has 2 N–H and O–H groups in total. The minimum absolute atomic E-state index is 0.121. The summed E-state index contributed by atoms with van der Waals surface area (Å²) in [5.41, 5.74) is 7.48. The van der Waals surface area contributed by atoms with Crippen LogP contribution in [0.25, 0.3) is 0 Å². The topological polar surface area (TPSA) is 29.3 Å². The van der Waals surface area contributed by atoms with Crippen LogP contribution in [0.2, 0.25) is 0 Å². The molecule has 19 heavy (non-hydrogen) atoms. The van der Waals surface area contributed by atoms with E-state index in [4.69, 9.17) is 5.73 Å². The number of rotatable bonds is 6. The average molecular weight is 274 g/mol. The quantitative estimate of drug-likeness (QED) is 0.875. The molecule has 0 aliphatic carbocycles. The Balaban J connectivity index is 2.03. The van der Waals surface area contributed by atoms with Crippen LogP contribution in [-0.4, -0.2) is 24.5 Å². The van der Waals surface area contributed by atoms with Crippen LogP contribution in [0.5, 0.6) is 0 Å². The van der Waals surface area contributed by atoms with E-state index in [1.165, 1.54) is 10.4 Å². The van der Waals surface area contributed by atoms with Gasteiger partial charge in [-0.1, -0.05) is 36.4 Å². The van der Waals surface area contributed by atoms with Crippen LogP contribution >= 0.6 is 11.3 Å². The molecule has 0 saturated heterocycles. The van der Waals surface area contributed by atoms with Crippen LogP contribution in [0.15, 0.2) is 47.8 Å². The maximum atomic E-state index is 6.18. The van der Waals surface area contributed by atoms with Crippen molar-refractivity contribution in [2.75, 3.05) is 13.6 Å². The molecule has 0 spiro atoms. The summed E-state index contributed by atoms with van der Waals surface area (Å²) in [5, 5.41) is 2.13. The van der Waals surface area contributed by atoms with Crippen molar-refractivity contribution in [1.82, 2.24) is 4.90 Å². The van der Waals surface area contributed by atoms with E-state index in [9.17, 15) is 0 Å². The summed E-state index contributed by atoms with van der Waals surface area (Å²) < 4.78 is 0. The Labute approximate surface area is 119 Å². The van der Waals surface area contributed by atoms with Crippen LogP contribution in [-0.2, 0) is 6.42 Å². The lowest BCUT2D eigenvalue weighted by Crippen LogP contribution is -2.38. The first-order valence-electron chi connectivity index (χ1n) is 6.71. The summed E-state index contributed by atoms with van der Waals surface area (Å²) in [6, 6.07) is 15.2. The molecule has 0 bridgehead atoms. The molecule has 0 saturated carbocycles. The molecule has 0 radical (unpaired) electrons. The molecule has 2 unspecified atom stereocenters. The molecule has 102 valence electrons. The first kappa shape index (κ1) is 14.3. The van der Waals surface area contributed by atoms with Crippen molar-refractivity contribution >= 4 is 11.3 Å². The summed E-state index contributed by atoms with van der Waals surface area (Å²) in [7, 11) is 2.16. The summed E-state index contributed by atoms with van der Waals surface area (Å²) in [4.78, 5) is 3.79. The second-order valence-corrected chi connectivity index (χ2v) is 6.06. The highest BCUT2D eigenvalue weighted by molar-refractivity contribution is 7.09. The lowest BCUT2D eigenvalue weighted by molar-refractivity contribution is 0.222. The zero-order valence-electron chi connectivity index (χ0n) is 11.6. The highest BCUT2D eigenvalue weighted by Crippen LogP contribution is 2.22. The molecule has 0 amide bonds. The van der Waals surface area contributed by atoms with Crippen molar-refractivity contribution in [2.24, 2.45) is 5.73 Å². The Bertz CT molecular complexity index is 465. The molecule has 2 atom stereocenters. The zero-order valence-corrected chi connectivity index (χ0v) is 12.4. The molecule has 1 aromatic heterocycles. The van der Waals surface area contributed by atoms with Gasteiger partial charge in [0.15, 0.2) is 0 Å². The minimum atomic E-state index is 0.121. The number of hydrogen-bond donors (Lipinski definition) is 1. The maximum Gasteiger partial charge on any atom is 0.0493 e. The van der Waals surface area contributed by atoms with Crippen molar-refractivity contribution in [2.45, 2.75) is 25.4 Å². The molecule has 0 fully saturated rings. The number of likely N-dealkylation sites (N-methyl/N-ethyl adjacent to an activating group) is 1. The number of nitrogens with two attached hydrogens (primary N) is 1. The zero-order chi connectivity index (χ0) is 13.7. The molecular formula is C16H22N2S. The van der Waals surface area contributed by atoms with E-state index in [0.717, 1.165) is 13.0 Å². The molecule has 0 aliphatic rings. The fourth-order valence-electron chi connectivity index (χ4n) is 2.49. The van der Waals surface area contributed by atoms with Gasteiger partial charge in [-0.05, 0) is 37.4 Å². The average Bonchev–Trinajstić information content (AvgIpc) is 2.90. The Morgan fingerprint density at radius 3 is 2.47 bits per heavy atom. The Kier molecular flexibility index (Phi) is 5.14. The number of nitrogens with zero attached hydrogens (tertiary/aromatic N) is 1. The summed E-state index contributed by atoms with van der Waals surface area (Å²) in [6.45, 7) is 3.11. The van der Waals surface area contributed by atoms with Crippen molar-refractivity contribution in [3.05, 3.63) is 58.3 Å². The van der Waals surface area contributed by atoms with Gasteiger partial charge in [0.2, 0.25) is 0 Å². The van der Waals surface area contributed by atoms with Crippen molar-refractivity contribution < 1.29 is 0 Å². The first-order chi connectivity index (χ1) is 9.18. The van der Waals surface area contributed by atoms with E-state index >= 15 is 0 Å². The van der Waals surface area contributed by atoms with Crippen LogP contribution in [0, 0.1) is 0 Å². The van der Waals surface area contributed by atoms with Crippen molar-refractivity contribution in [3.63, 3.8) is 0 Å². The molecule has 0 aliphatic heterocycles. The van der Waals surface area contributed by atoms with Gasteiger partial charge in [-0.25, -0.2) is 0 Å². The van der Waals surface area contributed by atoms with E-state index in [1.807, 2.05) is 17.4 Å². The van der Waals surface area contributed by atoms with Gasteiger partial charge in [0.25, 0.3) is 0 Å². The highest BCUT2D eigenvalue weighted by atomic mass is 32.1. The Hall–Kier alpha value is -1.16. The number of thiophene rings is 1. The molecule has 3 heteroatoms. The van der Waals surface area contributed by atoms with E-state index in [1.54, 1.807) is 0 Å². The van der Waals surface area contributed by atoms with Crippen molar-refractivity contribution in [1.29, 1.82) is 0 Å². The van der Waals surface area contributed by atoms with Gasteiger partial charge in [0.1, 0.15) is 0 Å². The van der Waals surface area contributed by atoms with Crippen LogP contribution in [0.4, 0.5) is 0 Å². The molecule has 2 nitrogen and oxygen atoms in total. The van der Waals surface area contributed by atoms with Gasteiger partial charge < -0.3 is 5.73 Å². The van der Waals surface area contributed by atoms with E-state index in [2.05, 4.69) is 60.6 Å². The lowest BCUT2D eigenvalue weighted by Gasteiger charge is -2.31. The second-order valence-electron chi connectivity index (χ2n) is 5.02.